The molecule has 1 aromatic carbocycles. The Kier molecular flexibility index (Phi) is 3.39. The van der Waals surface area contributed by atoms with Crippen LogP contribution in [0.4, 0.5) is 0 Å². The highest BCUT2D eigenvalue weighted by molar-refractivity contribution is 6.30. The fourth-order valence-corrected chi connectivity index (χ4v) is 2.81. The van der Waals surface area contributed by atoms with Crippen LogP contribution in [-0.4, -0.2) is 18.9 Å². The molecule has 0 spiro atoms. The molecule has 7 heteroatoms. The highest BCUT2D eigenvalue weighted by Crippen LogP contribution is 2.11. The Labute approximate surface area is 140 Å². The Morgan fingerprint density at radius 2 is 1.88 bits per heavy atom. The van der Waals surface area contributed by atoms with E-state index in [0.717, 1.165) is 0 Å². The molecule has 4 rings (SSSR count). The van der Waals surface area contributed by atoms with Gasteiger partial charge in [-0.25, -0.2) is 9.97 Å². The molecule has 0 saturated carbocycles. The summed E-state index contributed by atoms with van der Waals surface area (Å²) in [6.07, 6.45) is 2.79. The van der Waals surface area contributed by atoms with Gasteiger partial charge in [0.2, 0.25) is 0 Å². The summed E-state index contributed by atoms with van der Waals surface area (Å²) in [6.45, 7) is 0.191. The van der Waals surface area contributed by atoms with Gasteiger partial charge in [0.05, 0.1) is 34.5 Å². The third kappa shape index (κ3) is 2.47. The van der Waals surface area contributed by atoms with Crippen molar-refractivity contribution in [3.8, 4) is 0 Å². The van der Waals surface area contributed by atoms with Crippen LogP contribution in [0.1, 0.15) is 5.69 Å². The molecule has 0 unspecified atom stereocenters. The van der Waals surface area contributed by atoms with E-state index in [2.05, 4.69) is 9.97 Å². The number of para-hydroxylation sites is 2. The summed E-state index contributed by atoms with van der Waals surface area (Å²) in [7, 11) is 0. The van der Waals surface area contributed by atoms with Crippen molar-refractivity contribution in [2.24, 2.45) is 0 Å². The topological polar surface area (TPSA) is 69.3 Å². The molecular weight excluding hydrogens is 328 g/mol. The molecule has 3 heterocycles. The zero-order valence-corrected chi connectivity index (χ0v) is 13.1. The molecule has 0 aliphatic carbocycles. The van der Waals surface area contributed by atoms with Gasteiger partial charge in [0.1, 0.15) is 5.65 Å². The van der Waals surface area contributed by atoms with E-state index in [1.807, 2.05) is 24.3 Å². The second-order valence-electron chi connectivity index (χ2n) is 5.33. The number of halogens is 1. The molecule has 0 radical (unpaired) electrons. The van der Waals surface area contributed by atoms with Gasteiger partial charge in [-0.3, -0.25) is 18.6 Å². The van der Waals surface area contributed by atoms with E-state index < -0.39 is 0 Å². The van der Waals surface area contributed by atoms with E-state index in [4.69, 9.17) is 11.6 Å². The molecule has 0 aliphatic heterocycles. The first-order valence-corrected chi connectivity index (χ1v) is 7.62. The van der Waals surface area contributed by atoms with Crippen LogP contribution in [-0.2, 0) is 6.54 Å². The van der Waals surface area contributed by atoms with Gasteiger partial charge in [-0.15, -0.1) is 0 Å². The van der Waals surface area contributed by atoms with Crippen LogP contribution >= 0.6 is 11.6 Å². The molecule has 0 fully saturated rings. The summed E-state index contributed by atoms with van der Waals surface area (Å²) in [4.78, 5) is 33.0. The predicted molar refractivity (Wildman–Crippen MR) is 91.6 cm³/mol. The summed E-state index contributed by atoms with van der Waals surface area (Å²) >= 11 is 5.91. The SMILES string of the molecule is O=c1cnc2ccccc2n1Cc1cc(=O)n2cc(Cl)ccc2n1. The maximum absolute atomic E-state index is 12.3. The summed E-state index contributed by atoms with van der Waals surface area (Å²) in [6, 6.07) is 12.1. The molecule has 4 aromatic rings. The second kappa shape index (κ2) is 5.58. The predicted octanol–water partition coefficient (Wildman–Crippen LogP) is 2.11. The third-order valence-electron chi connectivity index (χ3n) is 3.75. The summed E-state index contributed by atoms with van der Waals surface area (Å²) in [5.74, 6) is 0. The third-order valence-corrected chi connectivity index (χ3v) is 3.97. The summed E-state index contributed by atoms with van der Waals surface area (Å²) < 4.78 is 2.93. The fourth-order valence-electron chi connectivity index (χ4n) is 2.65. The van der Waals surface area contributed by atoms with Crippen LogP contribution < -0.4 is 11.1 Å². The number of aromatic nitrogens is 4. The lowest BCUT2D eigenvalue weighted by Crippen LogP contribution is -2.23. The van der Waals surface area contributed by atoms with E-state index in [1.54, 1.807) is 16.7 Å². The number of nitrogens with zero attached hydrogens (tertiary/aromatic N) is 4. The number of hydrogen-bond acceptors (Lipinski definition) is 4. The van der Waals surface area contributed by atoms with Crippen LogP contribution in [0, 0.1) is 0 Å². The largest absolute Gasteiger partial charge is 0.299 e. The Hall–Kier alpha value is -2.99. The normalized spacial score (nSPS) is 11.2. The first kappa shape index (κ1) is 14.6. The molecular formula is C17H11ClN4O2. The molecule has 0 N–H and O–H groups in total. The zero-order valence-electron chi connectivity index (χ0n) is 12.4. The average Bonchev–Trinajstić information content (AvgIpc) is 2.58. The van der Waals surface area contributed by atoms with Gasteiger partial charge in [-0.05, 0) is 24.3 Å². The van der Waals surface area contributed by atoms with Crippen molar-refractivity contribution in [2.45, 2.75) is 6.54 Å². The van der Waals surface area contributed by atoms with Crippen LogP contribution in [0.2, 0.25) is 5.02 Å². The molecule has 0 bridgehead atoms. The van der Waals surface area contributed by atoms with Crippen LogP contribution in [0.25, 0.3) is 16.7 Å². The molecule has 24 heavy (non-hydrogen) atoms. The van der Waals surface area contributed by atoms with E-state index in [-0.39, 0.29) is 17.7 Å². The quantitative estimate of drug-likeness (QED) is 0.561. The Balaban J connectivity index is 1.89. The fraction of sp³-hybridized carbons (Fsp3) is 0.0588. The van der Waals surface area contributed by atoms with E-state index in [1.165, 1.54) is 22.9 Å². The van der Waals surface area contributed by atoms with Crippen molar-refractivity contribution in [3.63, 3.8) is 0 Å². The Morgan fingerprint density at radius 3 is 2.75 bits per heavy atom. The standard InChI is InChI=1S/C17H11ClN4O2/c18-11-5-6-15-20-12(7-16(23)22(15)9-11)10-21-14-4-2-1-3-13(14)19-8-17(21)24/h1-9H,10H2. The molecule has 0 saturated heterocycles. The lowest BCUT2D eigenvalue weighted by atomic mass is 10.3. The van der Waals surface area contributed by atoms with Crippen molar-refractivity contribution in [3.05, 3.63) is 86.3 Å². The van der Waals surface area contributed by atoms with Crippen molar-refractivity contribution < 1.29 is 0 Å². The lowest BCUT2D eigenvalue weighted by Gasteiger charge is -2.09. The Morgan fingerprint density at radius 1 is 1.04 bits per heavy atom. The van der Waals surface area contributed by atoms with Gasteiger partial charge >= 0.3 is 0 Å². The van der Waals surface area contributed by atoms with Gasteiger partial charge in [0.15, 0.2) is 0 Å². The number of hydrogen-bond donors (Lipinski definition) is 0. The summed E-state index contributed by atoms with van der Waals surface area (Å²) in [5.41, 5.74) is 1.90. The number of fused-ring (bicyclic) bond motifs is 2. The van der Waals surface area contributed by atoms with Crippen LogP contribution in [0.15, 0.2) is 64.4 Å². The first-order valence-electron chi connectivity index (χ1n) is 7.24. The van der Waals surface area contributed by atoms with Crippen molar-refractivity contribution in [1.29, 1.82) is 0 Å². The minimum absolute atomic E-state index is 0.191. The number of rotatable bonds is 2. The molecule has 3 aromatic heterocycles. The highest BCUT2D eigenvalue weighted by atomic mass is 35.5. The maximum Gasteiger partial charge on any atom is 0.269 e. The minimum atomic E-state index is -0.246. The molecule has 118 valence electrons. The van der Waals surface area contributed by atoms with Crippen molar-refractivity contribution >= 4 is 28.3 Å². The van der Waals surface area contributed by atoms with Gasteiger partial charge in [-0.2, -0.15) is 0 Å². The first-order chi connectivity index (χ1) is 11.6. The lowest BCUT2D eigenvalue weighted by molar-refractivity contribution is 0.760. The van der Waals surface area contributed by atoms with Gasteiger partial charge < -0.3 is 0 Å². The highest BCUT2D eigenvalue weighted by Gasteiger charge is 2.08. The average molecular weight is 339 g/mol. The van der Waals surface area contributed by atoms with Crippen molar-refractivity contribution in [2.75, 3.05) is 0 Å². The zero-order chi connectivity index (χ0) is 16.7. The van der Waals surface area contributed by atoms with E-state index in [9.17, 15) is 9.59 Å². The van der Waals surface area contributed by atoms with E-state index in [0.29, 0.717) is 27.4 Å². The summed E-state index contributed by atoms with van der Waals surface area (Å²) in [5, 5.41) is 0.454. The number of benzene rings is 1. The molecule has 0 aliphatic rings. The monoisotopic (exact) mass is 338 g/mol. The van der Waals surface area contributed by atoms with Crippen molar-refractivity contribution in [1.82, 2.24) is 18.9 Å². The van der Waals surface area contributed by atoms with Gasteiger partial charge in [0, 0.05) is 12.3 Å². The molecule has 0 amide bonds. The number of pyridine rings is 1. The van der Waals surface area contributed by atoms with E-state index >= 15 is 0 Å². The smallest absolute Gasteiger partial charge is 0.269 e. The van der Waals surface area contributed by atoms with Gasteiger partial charge in [0.25, 0.3) is 11.1 Å². The minimum Gasteiger partial charge on any atom is -0.299 e. The Bertz CT molecular complexity index is 1200. The van der Waals surface area contributed by atoms with Gasteiger partial charge in [-0.1, -0.05) is 23.7 Å². The second-order valence-corrected chi connectivity index (χ2v) is 5.77. The van der Waals surface area contributed by atoms with Crippen LogP contribution in [0.5, 0.6) is 0 Å². The van der Waals surface area contributed by atoms with Crippen LogP contribution in [0.3, 0.4) is 0 Å². The molecule has 0 atom stereocenters. The maximum atomic E-state index is 12.3. The molecule has 6 nitrogen and oxygen atoms in total.